The summed E-state index contributed by atoms with van der Waals surface area (Å²) in [5.41, 5.74) is 4.73. The lowest BCUT2D eigenvalue weighted by Crippen LogP contribution is -2.15. The van der Waals surface area contributed by atoms with Crippen LogP contribution in [-0.2, 0) is 6.54 Å². The molecule has 0 bridgehead atoms. The van der Waals surface area contributed by atoms with Crippen LogP contribution in [0.15, 0.2) is 36.4 Å². The van der Waals surface area contributed by atoms with Gasteiger partial charge in [0.15, 0.2) is 0 Å². The van der Waals surface area contributed by atoms with Crippen LogP contribution in [0.2, 0.25) is 5.02 Å². The van der Waals surface area contributed by atoms with E-state index >= 15 is 0 Å². The van der Waals surface area contributed by atoms with Gasteiger partial charge in [0.2, 0.25) is 0 Å². The van der Waals surface area contributed by atoms with Crippen molar-refractivity contribution in [2.24, 2.45) is 0 Å². The van der Waals surface area contributed by atoms with E-state index in [1.165, 1.54) is 24.0 Å². The SMILES string of the molecule is COc1ccc(C)cc1-c1cc(Cl)ccc1CNC1CC1. The monoisotopic (exact) mass is 301 g/mol. The number of halogens is 1. The molecule has 0 spiro atoms. The molecule has 0 heterocycles. The average Bonchev–Trinajstić information content (AvgIpc) is 3.30. The Morgan fingerprint density at radius 1 is 1.14 bits per heavy atom. The van der Waals surface area contributed by atoms with Crippen LogP contribution in [0.5, 0.6) is 5.75 Å². The van der Waals surface area contributed by atoms with Gasteiger partial charge in [-0.25, -0.2) is 0 Å². The molecule has 3 rings (SSSR count). The quantitative estimate of drug-likeness (QED) is 0.873. The predicted octanol–water partition coefficient (Wildman–Crippen LogP) is 4.58. The van der Waals surface area contributed by atoms with E-state index in [2.05, 4.69) is 30.4 Å². The highest BCUT2D eigenvalue weighted by Gasteiger charge is 2.21. The van der Waals surface area contributed by atoms with Gasteiger partial charge in [-0.1, -0.05) is 29.3 Å². The molecule has 21 heavy (non-hydrogen) atoms. The Morgan fingerprint density at radius 3 is 2.67 bits per heavy atom. The molecule has 0 radical (unpaired) electrons. The third-order valence-electron chi connectivity index (χ3n) is 3.88. The minimum absolute atomic E-state index is 0.688. The minimum atomic E-state index is 0.688. The third-order valence-corrected chi connectivity index (χ3v) is 4.11. The predicted molar refractivity (Wildman–Crippen MR) is 88.0 cm³/mol. The molecule has 110 valence electrons. The topological polar surface area (TPSA) is 21.3 Å². The number of methoxy groups -OCH3 is 1. The van der Waals surface area contributed by atoms with Crippen LogP contribution in [0, 0.1) is 6.92 Å². The first-order valence-corrected chi connectivity index (χ1v) is 7.72. The van der Waals surface area contributed by atoms with Crippen LogP contribution in [-0.4, -0.2) is 13.2 Å². The smallest absolute Gasteiger partial charge is 0.126 e. The molecule has 1 saturated carbocycles. The number of rotatable bonds is 5. The van der Waals surface area contributed by atoms with E-state index in [0.29, 0.717) is 6.04 Å². The Labute approximate surface area is 131 Å². The maximum absolute atomic E-state index is 6.22. The van der Waals surface area contributed by atoms with Crippen LogP contribution >= 0.6 is 11.6 Å². The summed E-state index contributed by atoms with van der Waals surface area (Å²) in [6, 6.07) is 13.0. The zero-order chi connectivity index (χ0) is 14.8. The Bertz CT molecular complexity index is 650. The van der Waals surface area contributed by atoms with Gasteiger partial charge in [0.25, 0.3) is 0 Å². The molecule has 0 amide bonds. The second-order valence-corrected chi connectivity index (χ2v) is 6.10. The molecule has 1 aliphatic carbocycles. The van der Waals surface area contributed by atoms with Crippen molar-refractivity contribution in [3.63, 3.8) is 0 Å². The highest BCUT2D eigenvalue weighted by atomic mass is 35.5. The summed E-state index contributed by atoms with van der Waals surface area (Å²) >= 11 is 6.22. The highest BCUT2D eigenvalue weighted by molar-refractivity contribution is 6.30. The molecule has 2 aromatic rings. The van der Waals surface area contributed by atoms with Crippen molar-refractivity contribution < 1.29 is 4.74 Å². The van der Waals surface area contributed by atoms with Gasteiger partial charge in [0.05, 0.1) is 7.11 Å². The number of aryl methyl sites for hydroxylation is 1. The Morgan fingerprint density at radius 2 is 1.95 bits per heavy atom. The van der Waals surface area contributed by atoms with Crippen molar-refractivity contribution >= 4 is 11.6 Å². The summed E-state index contributed by atoms with van der Waals surface area (Å²) in [5, 5.41) is 4.32. The molecule has 0 aromatic heterocycles. The highest BCUT2D eigenvalue weighted by Crippen LogP contribution is 2.35. The largest absolute Gasteiger partial charge is 0.496 e. The van der Waals surface area contributed by atoms with Crippen molar-refractivity contribution in [3.05, 3.63) is 52.5 Å². The zero-order valence-electron chi connectivity index (χ0n) is 12.4. The second kappa shape index (κ2) is 6.08. The fourth-order valence-electron chi connectivity index (χ4n) is 2.53. The molecular formula is C18H20ClNO. The van der Waals surface area contributed by atoms with Crippen molar-refractivity contribution in [1.82, 2.24) is 5.32 Å². The fourth-order valence-corrected chi connectivity index (χ4v) is 2.70. The molecule has 2 aromatic carbocycles. The molecule has 3 heteroatoms. The van der Waals surface area contributed by atoms with Gasteiger partial charge >= 0.3 is 0 Å². The summed E-state index contributed by atoms with van der Waals surface area (Å²) < 4.78 is 5.52. The van der Waals surface area contributed by atoms with Crippen molar-refractivity contribution in [2.75, 3.05) is 7.11 Å². The number of hydrogen-bond donors (Lipinski definition) is 1. The first-order chi connectivity index (χ1) is 10.2. The van der Waals surface area contributed by atoms with Crippen molar-refractivity contribution in [2.45, 2.75) is 32.4 Å². The normalized spacial score (nSPS) is 14.2. The molecule has 1 aliphatic rings. The van der Waals surface area contributed by atoms with Crippen LogP contribution < -0.4 is 10.1 Å². The zero-order valence-corrected chi connectivity index (χ0v) is 13.2. The van der Waals surface area contributed by atoms with E-state index in [-0.39, 0.29) is 0 Å². The van der Waals surface area contributed by atoms with Crippen LogP contribution in [0.3, 0.4) is 0 Å². The molecule has 1 N–H and O–H groups in total. The fraction of sp³-hybridized carbons (Fsp3) is 0.333. The van der Waals surface area contributed by atoms with Crippen LogP contribution in [0.25, 0.3) is 11.1 Å². The molecule has 0 unspecified atom stereocenters. The molecule has 0 atom stereocenters. The van der Waals surface area contributed by atoms with Gasteiger partial charge in [-0.05, 0) is 55.2 Å². The average molecular weight is 302 g/mol. The van der Waals surface area contributed by atoms with Gasteiger partial charge in [0, 0.05) is 23.2 Å². The number of nitrogens with one attached hydrogen (secondary N) is 1. The number of benzene rings is 2. The first kappa shape index (κ1) is 14.4. The first-order valence-electron chi connectivity index (χ1n) is 7.34. The summed E-state index contributed by atoms with van der Waals surface area (Å²) in [4.78, 5) is 0. The van der Waals surface area contributed by atoms with Gasteiger partial charge in [0.1, 0.15) is 5.75 Å². The van der Waals surface area contributed by atoms with Crippen molar-refractivity contribution in [3.8, 4) is 16.9 Å². The van der Waals surface area contributed by atoms with Crippen LogP contribution in [0.1, 0.15) is 24.0 Å². The molecule has 2 nitrogen and oxygen atoms in total. The van der Waals surface area contributed by atoms with E-state index in [9.17, 15) is 0 Å². The number of hydrogen-bond acceptors (Lipinski definition) is 2. The lowest BCUT2D eigenvalue weighted by molar-refractivity contribution is 0.416. The lowest BCUT2D eigenvalue weighted by atomic mass is 9.97. The molecule has 1 fully saturated rings. The maximum Gasteiger partial charge on any atom is 0.126 e. The summed E-state index contributed by atoms with van der Waals surface area (Å²) in [6.07, 6.45) is 2.58. The van der Waals surface area contributed by atoms with E-state index in [1.54, 1.807) is 7.11 Å². The Hall–Kier alpha value is -1.51. The second-order valence-electron chi connectivity index (χ2n) is 5.66. The molecular weight excluding hydrogens is 282 g/mol. The minimum Gasteiger partial charge on any atom is -0.496 e. The Balaban J connectivity index is 2.02. The van der Waals surface area contributed by atoms with Crippen LogP contribution in [0.4, 0.5) is 0 Å². The van der Waals surface area contributed by atoms with Gasteiger partial charge < -0.3 is 10.1 Å². The molecule has 0 saturated heterocycles. The lowest BCUT2D eigenvalue weighted by Gasteiger charge is -2.15. The van der Waals surface area contributed by atoms with E-state index in [4.69, 9.17) is 16.3 Å². The van der Waals surface area contributed by atoms with Gasteiger partial charge in [-0.2, -0.15) is 0 Å². The van der Waals surface area contributed by atoms with Gasteiger partial charge in [-0.15, -0.1) is 0 Å². The summed E-state index contributed by atoms with van der Waals surface area (Å²) in [5.74, 6) is 0.885. The summed E-state index contributed by atoms with van der Waals surface area (Å²) in [6.45, 7) is 2.96. The van der Waals surface area contributed by atoms with Crippen molar-refractivity contribution in [1.29, 1.82) is 0 Å². The number of ether oxygens (including phenoxy) is 1. The molecule has 0 aliphatic heterocycles. The maximum atomic E-state index is 6.22. The van der Waals surface area contributed by atoms with E-state index < -0.39 is 0 Å². The third kappa shape index (κ3) is 3.39. The van der Waals surface area contributed by atoms with Gasteiger partial charge in [-0.3, -0.25) is 0 Å². The van der Waals surface area contributed by atoms with E-state index in [1.807, 2.05) is 18.2 Å². The Kier molecular flexibility index (Phi) is 4.18. The summed E-state index contributed by atoms with van der Waals surface area (Å²) in [7, 11) is 1.71. The van der Waals surface area contributed by atoms with E-state index in [0.717, 1.165) is 28.4 Å². The standard InChI is InChI=1S/C18H20ClNO/c1-12-3-8-18(21-2)17(9-12)16-10-14(19)5-4-13(16)11-20-15-6-7-15/h3-5,8-10,15,20H,6-7,11H2,1-2H3.